The molecule has 2 saturated heterocycles. The fourth-order valence-electron chi connectivity index (χ4n) is 2.69. The van der Waals surface area contributed by atoms with Crippen LogP contribution in [0.5, 0.6) is 0 Å². The van der Waals surface area contributed by atoms with Crippen LogP contribution in [0, 0.1) is 0 Å². The summed E-state index contributed by atoms with van der Waals surface area (Å²) in [7, 11) is 0. The molecule has 2 rings (SSSR count). The van der Waals surface area contributed by atoms with Crippen LogP contribution in [0.15, 0.2) is 4.99 Å². The highest BCUT2D eigenvalue weighted by Crippen LogP contribution is 2.28. The maximum Gasteiger partial charge on any atom is 0.189 e. The summed E-state index contributed by atoms with van der Waals surface area (Å²) in [5, 5.41) is 68.5. The first-order valence-corrected chi connectivity index (χ1v) is 7.88. The van der Waals surface area contributed by atoms with Gasteiger partial charge in [-0.2, -0.15) is 0 Å². The van der Waals surface area contributed by atoms with Crippen LogP contribution < -0.4 is 11.5 Å². The zero-order chi connectivity index (χ0) is 19.6. The van der Waals surface area contributed by atoms with E-state index in [2.05, 4.69) is 4.99 Å². The first-order chi connectivity index (χ1) is 12.2. The molecule has 13 nitrogen and oxygen atoms in total. The number of hydrogen-bond acceptors (Lipinski definition) is 11. The van der Waals surface area contributed by atoms with Gasteiger partial charge in [-0.25, -0.2) is 0 Å². The fourth-order valence-corrected chi connectivity index (χ4v) is 2.69. The second-order valence-electron chi connectivity index (χ2n) is 6.11. The summed E-state index contributed by atoms with van der Waals surface area (Å²) in [5.74, 6) is -0.284. The Bertz CT molecular complexity index is 491. The molecule has 152 valence electrons. The second kappa shape index (κ2) is 8.71. The molecule has 0 spiro atoms. The molecule has 0 bridgehead atoms. The predicted octanol–water partition coefficient (Wildman–Crippen LogP) is -6.12. The third-order valence-corrected chi connectivity index (χ3v) is 4.24. The Hall–Kier alpha value is -1.13. The number of aliphatic hydroxyl groups is 7. The van der Waals surface area contributed by atoms with E-state index >= 15 is 0 Å². The molecule has 0 radical (unpaired) electrons. The van der Waals surface area contributed by atoms with Gasteiger partial charge in [-0.05, 0) is 0 Å². The molecule has 26 heavy (non-hydrogen) atoms. The van der Waals surface area contributed by atoms with Crippen molar-refractivity contribution >= 4 is 5.96 Å². The Kier molecular flexibility index (Phi) is 7.09. The molecule has 2 fully saturated rings. The van der Waals surface area contributed by atoms with Crippen molar-refractivity contribution in [3.05, 3.63) is 0 Å². The summed E-state index contributed by atoms with van der Waals surface area (Å²) < 4.78 is 15.7. The van der Waals surface area contributed by atoms with Crippen LogP contribution in [-0.4, -0.2) is 116 Å². The molecule has 0 aromatic heterocycles. The first kappa shape index (κ1) is 21.2. The average Bonchev–Trinajstić information content (AvgIpc) is 2.61. The molecule has 10 atom stereocenters. The fraction of sp³-hybridized carbons (Fsp3) is 0.923. The van der Waals surface area contributed by atoms with Crippen molar-refractivity contribution < 1.29 is 50.0 Å². The van der Waals surface area contributed by atoms with E-state index in [1.807, 2.05) is 0 Å². The van der Waals surface area contributed by atoms with Gasteiger partial charge in [0.05, 0.1) is 13.2 Å². The minimum absolute atomic E-state index is 0.248. The zero-order valence-electron chi connectivity index (χ0n) is 13.6. The van der Waals surface area contributed by atoms with Crippen LogP contribution in [0.2, 0.25) is 0 Å². The van der Waals surface area contributed by atoms with E-state index < -0.39 is 68.0 Å². The molecule has 0 aliphatic carbocycles. The minimum atomic E-state index is -1.73. The summed E-state index contributed by atoms with van der Waals surface area (Å²) in [6.07, 6.45) is -15.5. The first-order valence-electron chi connectivity index (χ1n) is 7.88. The van der Waals surface area contributed by atoms with Gasteiger partial charge in [0, 0.05) is 0 Å². The third kappa shape index (κ3) is 4.40. The van der Waals surface area contributed by atoms with Gasteiger partial charge >= 0.3 is 0 Å². The van der Waals surface area contributed by atoms with Gasteiger partial charge in [0.2, 0.25) is 0 Å². The maximum absolute atomic E-state index is 10.0. The van der Waals surface area contributed by atoms with Crippen molar-refractivity contribution in [3.63, 3.8) is 0 Å². The lowest BCUT2D eigenvalue weighted by molar-refractivity contribution is -0.374. The average molecular weight is 383 g/mol. The van der Waals surface area contributed by atoms with Crippen LogP contribution in [0.4, 0.5) is 0 Å². The van der Waals surface area contributed by atoms with Gasteiger partial charge in [-0.3, -0.25) is 4.99 Å². The number of nitrogens with zero attached hydrogens (tertiary/aromatic N) is 1. The maximum atomic E-state index is 10.0. The van der Waals surface area contributed by atoms with Gasteiger partial charge in [0.15, 0.2) is 18.5 Å². The van der Waals surface area contributed by atoms with Gasteiger partial charge in [0.25, 0.3) is 0 Å². The van der Waals surface area contributed by atoms with Crippen molar-refractivity contribution in [1.29, 1.82) is 0 Å². The summed E-state index contributed by atoms with van der Waals surface area (Å²) in [6.45, 7) is -0.921. The molecule has 2 heterocycles. The van der Waals surface area contributed by atoms with E-state index in [0.717, 1.165) is 0 Å². The van der Waals surface area contributed by atoms with E-state index in [4.69, 9.17) is 30.8 Å². The van der Waals surface area contributed by atoms with Crippen LogP contribution >= 0.6 is 0 Å². The number of ether oxygens (including phenoxy) is 3. The van der Waals surface area contributed by atoms with E-state index in [0.29, 0.717) is 0 Å². The number of rotatable bonds is 5. The van der Waals surface area contributed by atoms with Crippen LogP contribution in [0.3, 0.4) is 0 Å². The van der Waals surface area contributed by atoms with E-state index in [-0.39, 0.29) is 12.5 Å². The molecule has 0 saturated carbocycles. The molecule has 0 aromatic rings. The molecular weight excluding hydrogens is 358 g/mol. The molecular formula is C13H25N3O10. The molecule has 0 amide bonds. The van der Waals surface area contributed by atoms with Gasteiger partial charge in [-0.1, -0.05) is 0 Å². The Morgan fingerprint density at radius 3 is 1.69 bits per heavy atom. The molecule has 11 N–H and O–H groups in total. The van der Waals surface area contributed by atoms with Crippen molar-refractivity contribution in [2.45, 2.75) is 61.4 Å². The Balaban J connectivity index is 2.09. The Morgan fingerprint density at radius 1 is 0.769 bits per heavy atom. The lowest BCUT2D eigenvalue weighted by Crippen LogP contribution is -2.63. The summed E-state index contributed by atoms with van der Waals surface area (Å²) in [6, 6.07) is 0. The molecule has 2 aliphatic rings. The van der Waals surface area contributed by atoms with Crippen molar-refractivity contribution in [1.82, 2.24) is 0 Å². The summed E-state index contributed by atoms with van der Waals surface area (Å²) >= 11 is 0. The van der Waals surface area contributed by atoms with Crippen LogP contribution in [-0.2, 0) is 14.2 Å². The van der Waals surface area contributed by atoms with Crippen LogP contribution in [0.25, 0.3) is 0 Å². The number of guanidine groups is 1. The molecule has 0 aromatic carbocycles. The van der Waals surface area contributed by atoms with Gasteiger partial charge < -0.3 is 61.4 Å². The Morgan fingerprint density at radius 2 is 1.23 bits per heavy atom. The topological polar surface area (TPSA) is 234 Å². The SMILES string of the molecule is NC(N)=NC[C@H]1O[C@H](O[C@H]2O[C@H](CO)[C@@H](O)[C@H](O)[C@H]2O)[C@H](O)[C@@H](O)[C@@H]1O. The lowest BCUT2D eigenvalue weighted by atomic mass is 9.98. The van der Waals surface area contributed by atoms with E-state index in [1.54, 1.807) is 0 Å². The highest BCUT2D eigenvalue weighted by molar-refractivity contribution is 5.75. The Labute approximate surface area is 148 Å². The summed E-state index contributed by atoms with van der Waals surface area (Å²) in [4.78, 5) is 3.65. The molecule has 2 aliphatic heterocycles. The van der Waals surface area contributed by atoms with Gasteiger partial charge in [0.1, 0.15) is 48.8 Å². The highest BCUT2D eigenvalue weighted by atomic mass is 16.8. The quantitative estimate of drug-likeness (QED) is 0.159. The van der Waals surface area contributed by atoms with Crippen LogP contribution in [0.1, 0.15) is 0 Å². The highest BCUT2D eigenvalue weighted by Gasteiger charge is 2.49. The monoisotopic (exact) mass is 383 g/mol. The summed E-state index contributed by atoms with van der Waals surface area (Å²) in [5.41, 5.74) is 10.4. The molecule has 13 heteroatoms. The zero-order valence-corrected chi connectivity index (χ0v) is 13.6. The van der Waals surface area contributed by atoms with E-state index in [9.17, 15) is 30.6 Å². The number of hydrogen-bond donors (Lipinski definition) is 9. The normalized spacial score (nSPS) is 46.7. The number of nitrogens with two attached hydrogens (primary N) is 2. The second-order valence-corrected chi connectivity index (χ2v) is 6.11. The third-order valence-electron chi connectivity index (χ3n) is 4.24. The van der Waals surface area contributed by atoms with Crippen molar-refractivity contribution in [3.8, 4) is 0 Å². The largest absolute Gasteiger partial charge is 0.394 e. The number of aliphatic imine (C=N–C) groups is 1. The molecule has 0 unspecified atom stereocenters. The lowest BCUT2D eigenvalue weighted by Gasteiger charge is -2.44. The van der Waals surface area contributed by atoms with Crippen molar-refractivity contribution in [2.24, 2.45) is 16.5 Å². The van der Waals surface area contributed by atoms with E-state index in [1.165, 1.54) is 0 Å². The number of aliphatic hydroxyl groups excluding tert-OH is 7. The van der Waals surface area contributed by atoms with Crippen molar-refractivity contribution in [2.75, 3.05) is 13.2 Å². The van der Waals surface area contributed by atoms with Gasteiger partial charge in [-0.15, -0.1) is 0 Å². The predicted molar refractivity (Wildman–Crippen MR) is 82.2 cm³/mol. The smallest absolute Gasteiger partial charge is 0.189 e. The standard InChI is InChI=1S/C13H25N3O10/c14-13(15)16-1-3-5(18)7(20)9(22)11(24-3)26-12-10(23)8(21)6(19)4(2-17)25-12/h3-12,17-23H,1-2H2,(H4,14,15,16)/t3-,4-,5-,6-,7+,8+,9-,10-,11-,12-/m1/s1. The minimum Gasteiger partial charge on any atom is -0.394 e.